The van der Waals surface area contributed by atoms with E-state index in [0.29, 0.717) is 10.0 Å². The van der Waals surface area contributed by atoms with Gasteiger partial charge in [-0.3, -0.25) is 0 Å². The van der Waals surface area contributed by atoms with Crippen molar-refractivity contribution in [1.29, 1.82) is 0 Å². The SMILES string of the molecule is CCCC[C@@H](N)c1cccc(Br)c1F.Cl. The molecule has 0 aliphatic carbocycles. The molecule has 0 aliphatic heterocycles. The number of nitrogens with two attached hydrogens (primary N) is 1. The molecule has 1 atom stereocenters. The minimum absolute atomic E-state index is 0. The highest BCUT2D eigenvalue weighted by molar-refractivity contribution is 9.10. The van der Waals surface area contributed by atoms with E-state index in [1.54, 1.807) is 12.1 Å². The summed E-state index contributed by atoms with van der Waals surface area (Å²) in [6, 6.07) is 5.06. The second-order valence-electron chi connectivity index (χ2n) is 3.39. The van der Waals surface area contributed by atoms with Crippen LogP contribution in [0, 0.1) is 5.82 Å². The zero-order chi connectivity index (χ0) is 10.6. The molecule has 2 N–H and O–H groups in total. The molecule has 0 radical (unpaired) electrons. The van der Waals surface area contributed by atoms with Crippen LogP contribution in [0.4, 0.5) is 4.39 Å². The van der Waals surface area contributed by atoms with Crippen molar-refractivity contribution in [3.8, 4) is 0 Å². The Morgan fingerprint density at radius 3 is 2.73 bits per heavy atom. The summed E-state index contributed by atoms with van der Waals surface area (Å²) >= 11 is 3.15. The first kappa shape index (κ1) is 14.9. The van der Waals surface area contributed by atoms with Crippen LogP contribution in [0.2, 0.25) is 0 Å². The molecule has 0 aliphatic rings. The van der Waals surface area contributed by atoms with Gasteiger partial charge in [0.15, 0.2) is 0 Å². The number of halogens is 3. The van der Waals surface area contributed by atoms with E-state index in [2.05, 4.69) is 22.9 Å². The molecule has 0 fully saturated rings. The first-order valence-electron chi connectivity index (χ1n) is 4.86. The summed E-state index contributed by atoms with van der Waals surface area (Å²) in [7, 11) is 0. The summed E-state index contributed by atoms with van der Waals surface area (Å²) in [5.41, 5.74) is 6.49. The van der Waals surface area contributed by atoms with E-state index in [1.807, 2.05) is 6.07 Å². The summed E-state index contributed by atoms with van der Waals surface area (Å²) in [6.07, 6.45) is 2.96. The second-order valence-corrected chi connectivity index (χ2v) is 4.25. The summed E-state index contributed by atoms with van der Waals surface area (Å²) in [5.74, 6) is -0.226. The highest BCUT2D eigenvalue weighted by Crippen LogP contribution is 2.25. The molecule has 86 valence electrons. The van der Waals surface area contributed by atoms with E-state index in [1.165, 1.54) is 0 Å². The van der Waals surface area contributed by atoms with Gasteiger partial charge in [0.1, 0.15) is 5.82 Å². The first-order chi connectivity index (χ1) is 6.66. The summed E-state index contributed by atoms with van der Waals surface area (Å²) in [6.45, 7) is 2.10. The number of rotatable bonds is 4. The molecule has 1 aromatic rings. The van der Waals surface area contributed by atoms with Crippen LogP contribution in [0.25, 0.3) is 0 Å². The maximum atomic E-state index is 13.6. The third-order valence-corrected chi connectivity index (χ3v) is 2.86. The van der Waals surface area contributed by atoms with Crippen molar-refractivity contribution in [2.75, 3.05) is 0 Å². The molecule has 4 heteroatoms. The van der Waals surface area contributed by atoms with Crippen LogP contribution in [0.5, 0.6) is 0 Å². The Morgan fingerprint density at radius 1 is 1.47 bits per heavy atom. The Balaban J connectivity index is 0.00000196. The van der Waals surface area contributed by atoms with Gasteiger partial charge in [0.2, 0.25) is 0 Å². The van der Waals surface area contributed by atoms with Gasteiger partial charge in [-0.05, 0) is 28.4 Å². The molecule has 15 heavy (non-hydrogen) atoms. The number of benzene rings is 1. The minimum Gasteiger partial charge on any atom is -0.324 e. The third-order valence-electron chi connectivity index (χ3n) is 2.25. The Kier molecular flexibility index (Phi) is 7.14. The highest BCUT2D eigenvalue weighted by atomic mass is 79.9. The molecule has 0 heterocycles. The molecular weight excluding hydrogens is 280 g/mol. The standard InChI is InChI=1S/C11H15BrFN.ClH/c1-2-3-7-10(14)8-5-4-6-9(12)11(8)13;/h4-6,10H,2-3,7,14H2,1H3;1H/t10-;/m1./s1. The largest absolute Gasteiger partial charge is 0.324 e. The monoisotopic (exact) mass is 295 g/mol. The lowest BCUT2D eigenvalue weighted by Gasteiger charge is -2.12. The van der Waals surface area contributed by atoms with Crippen molar-refractivity contribution in [3.63, 3.8) is 0 Å². The molecule has 0 bridgehead atoms. The predicted molar refractivity (Wildman–Crippen MR) is 67.8 cm³/mol. The molecule has 0 saturated carbocycles. The molecule has 0 saturated heterocycles. The smallest absolute Gasteiger partial charge is 0.142 e. The average molecular weight is 297 g/mol. The van der Waals surface area contributed by atoms with Crippen molar-refractivity contribution in [2.45, 2.75) is 32.2 Å². The van der Waals surface area contributed by atoms with Crippen LogP contribution in [-0.2, 0) is 0 Å². The highest BCUT2D eigenvalue weighted by Gasteiger charge is 2.12. The lowest BCUT2D eigenvalue weighted by molar-refractivity contribution is 0.544. The molecule has 0 amide bonds. The zero-order valence-corrected chi connectivity index (χ0v) is 11.1. The van der Waals surface area contributed by atoms with Crippen molar-refractivity contribution in [2.24, 2.45) is 5.73 Å². The van der Waals surface area contributed by atoms with Gasteiger partial charge in [0.25, 0.3) is 0 Å². The van der Waals surface area contributed by atoms with E-state index >= 15 is 0 Å². The molecule has 0 aromatic heterocycles. The topological polar surface area (TPSA) is 26.0 Å². The van der Waals surface area contributed by atoms with Crippen LogP contribution in [0.1, 0.15) is 37.8 Å². The van der Waals surface area contributed by atoms with E-state index < -0.39 is 0 Å². The van der Waals surface area contributed by atoms with Crippen molar-refractivity contribution in [1.82, 2.24) is 0 Å². The molecule has 1 nitrogen and oxygen atoms in total. The normalized spacial score (nSPS) is 12.0. The van der Waals surface area contributed by atoms with Crippen LogP contribution < -0.4 is 5.73 Å². The van der Waals surface area contributed by atoms with Crippen LogP contribution in [0.15, 0.2) is 22.7 Å². The Bertz CT molecular complexity index is 307. The van der Waals surface area contributed by atoms with Gasteiger partial charge in [-0.15, -0.1) is 12.4 Å². The van der Waals surface area contributed by atoms with Crippen LogP contribution >= 0.6 is 28.3 Å². The zero-order valence-electron chi connectivity index (χ0n) is 8.67. The molecule has 1 rings (SSSR count). The first-order valence-corrected chi connectivity index (χ1v) is 5.65. The second kappa shape index (κ2) is 7.20. The van der Waals surface area contributed by atoms with Crippen molar-refractivity contribution < 1.29 is 4.39 Å². The number of unbranched alkanes of at least 4 members (excludes halogenated alkanes) is 1. The average Bonchev–Trinajstić information content (AvgIpc) is 2.18. The van der Waals surface area contributed by atoms with Crippen molar-refractivity contribution >= 4 is 28.3 Å². The van der Waals surface area contributed by atoms with E-state index in [-0.39, 0.29) is 24.3 Å². The van der Waals surface area contributed by atoms with Crippen LogP contribution in [-0.4, -0.2) is 0 Å². The molecule has 0 spiro atoms. The van der Waals surface area contributed by atoms with Gasteiger partial charge in [-0.2, -0.15) is 0 Å². The maximum absolute atomic E-state index is 13.6. The van der Waals surface area contributed by atoms with Crippen LogP contribution in [0.3, 0.4) is 0 Å². The fourth-order valence-corrected chi connectivity index (χ4v) is 1.77. The van der Waals surface area contributed by atoms with E-state index in [9.17, 15) is 4.39 Å². The summed E-state index contributed by atoms with van der Waals surface area (Å²) in [5, 5.41) is 0. The fourth-order valence-electron chi connectivity index (χ4n) is 1.39. The molecule has 0 unspecified atom stereocenters. The van der Waals surface area contributed by atoms with Gasteiger partial charge in [-0.1, -0.05) is 31.9 Å². The van der Waals surface area contributed by atoms with E-state index in [0.717, 1.165) is 19.3 Å². The van der Waals surface area contributed by atoms with Gasteiger partial charge in [0.05, 0.1) is 4.47 Å². The van der Waals surface area contributed by atoms with Gasteiger partial charge >= 0.3 is 0 Å². The molecular formula is C11H16BrClFN. The lowest BCUT2D eigenvalue weighted by Crippen LogP contribution is -2.12. The van der Waals surface area contributed by atoms with Gasteiger partial charge < -0.3 is 5.73 Å². The fraction of sp³-hybridized carbons (Fsp3) is 0.455. The molecule has 1 aromatic carbocycles. The lowest BCUT2D eigenvalue weighted by atomic mass is 10.0. The Hall–Kier alpha value is -0.120. The van der Waals surface area contributed by atoms with Gasteiger partial charge in [0, 0.05) is 11.6 Å². The number of hydrogen-bond donors (Lipinski definition) is 1. The minimum atomic E-state index is -0.226. The Morgan fingerprint density at radius 2 is 2.13 bits per heavy atom. The Labute approximate surface area is 105 Å². The summed E-state index contributed by atoms with van der Waals surface area (Å²) in [4.78, 5) is 0. The summed E-state index contributed by atoms with van der Waals surface area (Å²) < 4.78 is 14.0. The third kappa shape index (κ3) is 4.09. The van der Waals surface area contributed by atoms with Gasteiger partial charge in [-0.25, -0.2) is 4.39 Å². The van der Waals surface area contributed by atoms with E-state index in [4.69, 9.17) is 5.73 Å². The number of hydrogen-bond acceptors (Lipinski definition) is 1. The van der Waals surface area contributed by atoms with Crippen molar-refractivity contribution in [3.05, 3.63) is 34.1 Å². The predicted octanol–water partition coefficient (Wildman–Crippen LogP) is 4.20. The maximum Gasteiger partial charge on any atom is 0.142 e. The quantitative estimate of drug-likeness (QED) is 0.885.